The fraction of sp³-hybridized carbons (Fsp3) is 0.167. The van der Waals surface area contributed by atoms with Crippen LogP contribution in [-0.2, 0) is 0 Å². The van der Waals surface area contributed by atoms with E-state index >= 15 is 0 Å². The Hall–Kier alpha value is -2.95. The Morgan fingerprint density at radius 1 is 0.826 bits per heavy atom. The van der Waals surface area contributed by atoms with E-state index < -0.39 is 0 Å². The molecule has 0 spiro atoms. The lowest BCUT2D eigenvalue weighted by Gasteiger charge is -2.09. The van der Waals surface area contributed by atoms with Gasteiger partial charge in [-0.15, -0.1) is 0 Å². The van der Waals surface area contributed by atoms with Crippen molar-refractivity contribution in [2.75, 3.05) is 10.6 Å². The Bertz CT molecular complexity index is 889. The largest absolute Gasteiger partial charge is 0.323 e. The number of hydrogen-bond acceptors (Lipinski definition) is 3. The van der Waals surface area contributed by atoms with Crippen LogP contribution in [0.2, 0.25) is 0 Å². The molecule has 2 amide bonds. The van der Waals surface area contributed by atoms with E-state index in [0.29, 0.717) is 5.69 Å². The molecule has 0 atom stereocenters. The second kappa shape index (κ2) is 6.04. The lowest BCUT2D eigenvalue weighted by molar-refractivity contribution is 0.262. The Balaban J connectivity index is 1.78. The number of aromatic nitrogens is 2. The van der Waals surface area contributed by atoms with Gasteiger partial charge in [0.15, 0.2) is 0 Å². The lowest BCUT2D eigenvalue weighted by atomic mass is 10.2. The van der Waals surface area contributed by atoms with Gasteiger partial charge in [0.1, 0.15) is 0 Å². The van der Waals surface area contributed by atoms with Gasteiger partial charge in [-0.3, -0.25) is 0 Å². The van der Waals surface area contributed by atoms with Crippen molar-refractivity contribution in [1.82, 2.24) is 9.97 Å². The van der Waals surface area contributed by atoms with Crippen LogP contribution in [0.4, 0.5) is 16.2 Å². The van der Waals surface area contributed by atoms with Gasteiger partial charge in [0.2, 0.25) is 0 Å². The van der Waals surface area contributed by atoms with Crippen LogP contribution in [0.1, 0.15) is 17.0 Å². The minimum absolute atomic E-state index is 0.285. The van der Waals surface area contributed by atoms with E-state index in [1.807, 2.05) is 63.2 Å². The van der Waals surface area contributed by atoms with E-state index in [-0.39, 0.29) is 6.03 Å². The number of nitrogens with one attached hydrogen (secondary N) is 2. The number of carbonyl (C=O) groups is 1. The number of fused-ring (bicyclic) bond motifs is 1. The van der Waals surface area contributed by atoms with E-state index in [1.54, 1.807) is 0 Å². The zero-order chi connectivity index (χ0) is 16.4. The summed E-state index contributed by atoms with van der Waals surface area (Å²) in [7, 11) is 0. The monoisotopic (exact) mass is 306 g/mol. The van der Waals surface area contributed by atoms with Crippen LogP contribution >= 0.6 is 0 Å². The average Bonchev–Trinajstić information content (AvgIpc) is 2.48. The molecule has 0 fully saturated rings. The number of benzene rings is 2. The van der Waals surface area contributed by atoms with E-state index in [1.165, 1.54) is 0 Å². The lowest BCUT2D eigenvalue weighted by Crippen LogP contribution is -2.19. The number of nitrogens with zero attached hydrogens (tertiary/aromatic N) is 2. The molecular weight excluding hydrogens is 288 g/mol. The van der Waals surface area contributed by atoms with Crippen molar-refractivity contribution in [1.29, 1.82) is 0 Å². The minimum Gasteiger partial charge on any atom is -0.308 e. The van der Waals surface area contributed by atoms with Crippen LogP contribution < -0.4 is 10.6 Å². The first-order valence-electron chi connectivity index (χ1n) is 7.41. The molecule has 1 heterocycles. The zero-order valence-corrected chi connectivity index (χ0v) is 13.3. The third kappa shape index (κ3) is 3.45. The number of carbonyl (C=O) groups excluding carboxylic acids is 1. The molecular formula is C18H18N4O. The Morgan fingerprint density at radius 2 is 1.48 bits per heavy atom. The molecule has 3 aromatic rings. The third-order valence-electron chi connectivity index (χ3n) is 3.61. The molecule has 23 heavy (non-hydrogen) atoms. The highest BCUT2D eigenvalue weighted by atomic mass is 16.2. The first kappa shape index (κ1) is 15.0. The SMILES string of the molecule is Cc1cccc(NC(=O)Nc2ccc3nc(C)c(C)nc3c2)c1. The van der Waals surface area contributed by atoms with Crippen molar-refractivity contribution in [3.8, 4) is 0 Å². The second-order valence-corrected chi connectivity index (χ2v) is 5.55. The van der Waals surface area contributed by atoms with Crippen molar-refractivity contribution in [3.63, 3.8) is 0 Å². The molecule has 116 valence electrons. The number of rotatable bonds is 2. The van der Waals surface area contributed by atoms with Crippen LogP contribution in [-0.4, -0.2) is 16.0 Å². The molecule has 0 radical (unpaired) electrons. The van der Waals surface area contributed by atoms with Gasteiger partial charge in [-0.25, -0.2) is 14.8 Å². The predicted octanol–water partition coefficient (Wildman–Crippen LogP) is 4.20. The quantitative estimate of drug-likeness (QED) is 0.745. The van der Waals surface area contributed by atoms with E-state index in [9.17, 15) is 4.79 Å². The molecule has 0 bridgehead atoms. The Morgan fingerprint density at radius 3 is 2.17 bits per heavy atom. The van der Waals surface area contributed by atoms with Gasteiger partial charge in [-0.1, -0.05) is 12.1 Å². The topological polar surface area (TPSA) is 66.9 Å². The summed E-state index contributed by atoms with van der Waals surface area (Å²) >= 11 is 0. The first-order chi connectivity index (χ1) is 11.0. The molecule has 0 saturated carbocycles. The summed E-state index contributed by atoms with van der Waals surface area (Å²) in [5.41, 5.74) is 5.91. The number of hydrogen-bond donors (Lipinski definition) is 2. The van der Waals surface area contributed by atoms with E-state index in [2.05, 4.69) is 20.6 Å². The van der Waals surface area contributed by atoms with Gasteiger partial charge in [0, 0.05) is 11.4 Å². The Kier molecular flexibility index (Phi) is 3.93. The highest BCUT2D eigenvalue weighted by Gasteiger charge is 2.06. The number of urea groups is 1. The summed E-state index contributed by atoms with van der Waals surface area (Å²) in [5.74, 6) is 0. The van der Waals surface area contributed by atoms with Crippen LogP contribution in [0.3, 0.4) is 0 Å². The average molecular weight is 306 g/mol. The van der Waals surface area contributed by atoms with E-state index in [4.69, 9.17) is 0 Å². The van der Waals surface area contributed by atoms with Crippen LogP contribution in [0.15, 0.2) is 42.5 Å². The molecule has 5 heteroatoms. The zero-order valence-electron chi connectivity index (χ0n) is 13.3. The summed E-state index contributed by atoms with van der Waals surface area (Å²) < 4.78 is 0. The summed E-state index contributed by atoms with van der Waals surface area (Å²) in [4.78, 5) is 21.1. The third-order valence-corrected chi connectivity index (χ3v) is 3.61. The maximum Gasteiger partial charge on any atom is 0.323 e. The highest BCUT2D eigenvalue weighted by Crippen LogP contribution is 2.18. The number of amides is 2. The molecule has 0 saturated heterocycles. The van der Waals surface area contributed by atoms with Gasteiger partial charge in [0.05, 0.1) is 22.4 Å². The van der Waals surface area contributed by atoms with Crippen molar-refractivity contribution >= 4 is 28.4 Å². The molecule has 2 N–H and O–H groups in total. The smallest absolute Gasteiger partial charge is 0.308 e. The number of anilines is 2. The van der Waals surface area contributed by atoms with Gasteiger partial charge >= 0.3 is 6.03 Å². The molecule has 0 aliphatic carbocycles. The van der Waals surface area contributed by atoms with Gasteiger partial charge in [0.25, 0.3) is 0 Å². The summed E-state index contributed by atoms with van der Waals surface area (Å²) in [6.07, 6.45) is 0. The van der Waals surface area contributed by atoms with Crippen LogP contribution in [0, 0.1) is 20.8 Å². The maximum atomic E-state index is 12.1. The molecule has 0 aliphatic rings. The molecule has 0 unspecified atom stereocenters. The van der Waals surface area contributed by atoms with Crippen LogP contribution in [0.25, 0.3) is 11.0 Å². The maximum absolute atomic E-state index is 12.1. The summed E-state index contributed by atoms with van der Waals surface area (Å²) in [6, 6.07) is 12.9. The van der Waals surface area contributed by atoms with Gasteiger partial charge in [-0.2, -0.15) is 0 Å². The standard InChI is InChI=1S/C18H18N4O/c1-11-5-4-6-14(9-11)21-18(23)22-15-7-8-16-17(10-15)20-13(3)12(2)19-16/h4-10H,1-3H3,(H2,21,22,23). The molecule has 0 aliphatic heterocycles. The second-order valence-electron chi connectivity index (χ2n) is 5.55. The first-order valence-corrected chi connectivity index (χ1v) is 7.41. The van der Waals surface area contributed by atoms with Crippen molar-refractivity contribution in [2.45, 2.75) is 20.8 Å². The molecule has 3 rings (SSSR count). The summed E-state index contributed by atoms with van der Waals surface area (Å²) in [6.45, 7) is 5.84. The van der Waals surface area contributed by atoms with Crippen molar-refractivity contribution in [3.05, 3.63) is 59.4 Å². The van der Waals surface area contributed by atoms with E-state index in [0.717, 1.165) is 33.7 Å². The molecule has 1 aromatic heterocycles. The highest BCUT2D eigenvalue weighted by molar-refractivity contribution is 6.00. The fourth-order valence-corrected chi connectivity index (χ4v) is 2.32. The molecule has 5 nitrogen and oxygen atoms in total. The summed E-state index contributed by atoms with van der Waals surface area (Å²) in [5, 5.41) is 5.63. The number of aryl methyl sites for hydroxylation is 3. The van der Waals surface area contributed by atoms with Gasteiger partial charge in [-0.05, 0) is 56.7 Å². The normalized spacial score (nSPS) is 10.6. The predicted molar refractivity (Wildman–Crippen MR) is 92.8 cm³/mol. The van der Waals surface area contributed by atoms with Crippen molar-refractivity contribution in [2.24, 2.45) is 0 Å². The minimum atomic E-state index is -0.285. The fourth-order valence-electron chi connectivity index (χ4n) is 2.32. The Labute approximate surface area is 134 Å². The van der Waals surface area contributed by atoms with Crippen LogP contribution in [0.5, 0.6) is 0 Å². The molecule has 2 aromatic carbocycles. The van der Waals surface area contributed by atoms with Crippen molar-refractivity contribution < 1.29 is 4.79 Å². The van der Waals surface area contributed by atoms with Gasteiger partial charge < -0.3 is 10.6 Å².